The Hall–Kier alpha value is -0.870. The third-order valence-electron chi connectivity index (χ3n) is 2.44. The lowest BCUT2D eigenvalue weighted by Gasteiger charge is -2.18. The fourth-order valence-electron chi connectivity index (χ4n) is 1.55. The van der Waals surface area contributed by atoms with Gasteiger partial charge < -0.3 is 5.73 Å². The van der Waals surface area contributed by atoms with Crippen molar-refractivity contribution in [2.75, 3.05) is 0 Å². The van der Waals surface area contributed by atoms with E-state index in [1.165, 1.54) is 4.88 Å². The quantitative estimate of drug-likeness (QED) is 0.867. The molecule has 1 aromatic rings. The Kier molecular flexibility index (Phi) is 4.33. The number of nitrogens with two attached hydrogens (primary N) is 1. The molecule has 1 rings (SSSR count). The van der Waals surface area contributed by atoms with Gasteiger partial charge in [0.25, 0.3) is 0 Å². The van der Waals surface area contributed by atoms with Crippen LogP contribution in [0.2, 0.25) is 0 Å². The molecule has 0 fully saturated rings. The van der Waals surface area contributed by atoms with Crippen LogP contribution >= 0.6 is 11.3 Å². The number of primary amides is 1. The van der Waals surface area contributed by atoms with E-state index in [1.54, 1.807) is 11.3 Å². The summed E-state index contributed by atoms with van der Waals surface area (Å²) in [5.41, 5.74) is 5.55. The molecule has 17 heavy (non-hydrogen) atoms. The molecule has 3 nitrogen and oxygen atoms in total. The van der Waals surface area contributed by atoms with Gasteiger partial charge in [0, 0.05) is 15.8 Å². The van der Waals surface area contributed by atoms with Crippen molar-refractivity contribution in [1.29, 1.82) is 0 Å². The maximum Gasteiger partial charge on any atom is 0.240 e. The molecular formula is C13H22N2OS. The van der Waals surface area contributed by atoms with E-state index in [0.29, 0.717) is 0 Å². The van der Waals surface area contributed by atoms with Gasteiger partial charge in [-0.15, -0.1) is 11.3 Å². The third-order valence-corrected chi connectivity index (χ3v) is 4.01. The fourth-order valence-corrected chi connectivity index (χ4v) is 2.68. The fraction of sp³-hybridized carbons (Fsp3) is 0.615. The summed E-state index contributed by atoms with van der Waals surface area (Å²) in [5, 5.41) is 3.20. The zero-order chi connectivity index (χ0) is 13.2. The predicted octanol–water partition coefficient (Wildman–Crippen LogP) is 2.57. The molecule has 1 heterocycles. The molecule has 0 saturated heterocycles. The molecule has 0 spiro atoms. The molecule has 4 heteroatoms. The monoisotopic (exact) mass is 254 g/mol. The van der Waals surface area contributed by atoms with Crippen molar-refractivity contribution in [1.82, 2.24) is 5.32 Å². The molecule has 0 aliphatic heterocycles. The molecule has 1 amide bonds. The van der Waals surface area contributed by atoms with Crippen molar-refractivity contribution in [3.05, 3.63) is 21.9 Å². The van der Waals surface area contributed by atoms with E-state index >= 15 is 0 Å². The molecule has 0 saturated carbocycles. The van der Waals surface area contributed by atoms with Gasteiger partial charge in [0.2, 0.25) is 5.91 Å². The van der Waals surface area contributed by atoms with Crippen molar-refractivity contribution >= 4 is 17.2 Å². The van der Waals surface area contributed by atoms with E-state index in [9.17, 15) is 4.79 Å². The summed E-state index contributed by atoms with van der Waals surface area (Å²) in [6, 6.07) is 3.93. The van der Waals surface area contributed by atoms with Crippen LogP contribution < -0.4 is 11.1 Å². The van der Waals surface area contributed by atoms with Crippen LogP contribution in [0.25, 0.3) is 0 Å². The van der Waals surface area contributed by atoms with Crippen LogP contribution in [0.4, 0.5) is 0 Å². The molecule has 0 bridgehead atoms. The molecule has 0 aromatic carbocycles. The Morgan fingerprint density at radius 1 is 1.35 bits per heavy atom. The van der Waals surface area contributed by atoms with E-state index in [4.69, 9.17) is 5.73 Å². The standard InChI is InChI=1S/C13H22N2OS/c1-8(2)15-11(12(14)16)9-6-7-10(17-9)13(3,4)5/h6-8,11,15H,1-5H3,(H2,14,16). The number of nitrogens with one attached hydrogen (secondary N) is 1. The summed E-state index contributed by atoms with van der Waals surface area (Å²) in [4.78, 5) is 13.7. The first-order valence-corrected chi connectivity index (χ1v) is 6.69. The van der Waals surface area contributed by atoms with Gasteiger partial charge in [0.15, 0.2) is 0 Å². The number of thiophene rings is 1. The summed E-state index contributed by atoms with van der Waals surface area (Å²) in [6.45, 7) is 10.5. The summed E-state index contributed by atoms with van der Waals surface area (Å²) in [5.74, 6) is -0.319. The summed E-state index contributed by atoms with van der Waals surface area (Å²) >= 11 is 1.65. The number of hydrogen-bond donors (Lipinski definition) is 2. The van der Waals surface area contributed by atoms with Crippen LogP contribution in [-0.4, -0.2) is 11.9 Å². The van der Waals surface area contributed by atoms with Crippen molar-refractivity contribution in [2.45, 2.75) is 52.1 Å². The number of hydrogen-bond acceptors (Lipinski definition) is 3. The second-order valence-electron chi connectivity index (χ2n) is 5.61. The van der Waals surface area contributed by atoms with Gasteiger partial charge in [-0.1, -0.05) is 20.8 Å². The van der Waals surface area contributed by atoms with Gasteiger partial charge in [-0.3, -0.25) is 10.1 Å². The van der Waals surface area contributed by atoms with Crippen LogP contribution in [0.15, 0.2) is 12.1 Å². The molecule has 0 radical (unpaired) electrons. The topological polar surface area (TPSA) is 55.1 Å². The maximum atomic E-state index is 11.5. The van der Waals surface area contributed by atoms with Gasteiger partial charge in [-0.2, -0.15) is 0 Å². The van der Waals surface area contributed by atoms with Gasteiger partial charge in [-0.25, -0.2) is 0 Å². The lowest BCUT2D eigenvalue weighted by Crippen LogP contribution is -2.36. The molecule has 3 N–H and O–H groups in total. The van der Waals surface area contributed by atoms with Crippen molar-refractivity contribution in [3.8, 4) is 0 Å². The lowest BCUT2D eigenvalue weighted by molar-refractivity contribution is -0.120. The van der Waals surface area contributed by atoms with Gasteiger partial charge in [-0.05, 0) is 31.4 Å². The Labute approximate surface area is 107 Å². The molecular weight excluding hydrogens is 232 g/mol. The van der Waals surface area contributed by atoms with Gasteiger partial charge >= 0.3 is 0 Å². The second-order valence-corrected chi connectivity index (χ2v) is 6.72. The van der Waals surface area contributed by atoms with Crippen molar-refractivity contribution < 1.29 is 4.79 Å². The average molecular weight is 254 g/mol. The second kappa shape index (κ2) is 5.19. The highest BCUT2D eigenvalue weighted by molar-refractivity contribution is 7.12. The largest absolute Gasteiger partial charge is 0.368 e. The normalized spacial score (nSPS) is 14.0. The van der Waals surface area contributed by atoms with E-state index in [2.05, 4.69) is 32.2 Å². The van der Waals surface area contributed by atoms with E-state index in [1.807, 2.05) is 19.9 Å². The summed E-state index contributed by atoms with van der Waals surface area (Å²) in [6.07, 6.45) is 0. The molecule has 0 aliphatic rings. The van der Waals surface area contributed by atoms with Crippen molar-refractivity contribution in [2.24, 2.45) is 5.73 Å². The first-order chi connectivity index (χ1) is 7.71. The van der Waals surface area contributed by atoms with Crippen molar-refractivity contribution in [3.63, 3.8) is 0 Å². The first-order valence-electron chi connectivity index (χ1n) is 5.87. The number of carbonyl (C=O) groups is 1. The maximum absolute atomic E-state index is 11.5. The number of carbonyl (C=O) groups excluding carboxylic acids is 1. The molecule has 1 unspecified atom stereocenters. The van der Waals surface area contributed by atoms with E-state index in [0.717, 1.165) is 4.88 Å². The minimum atomic E-state index is -0.379. The number of rotatable bonds is 4. The highest BCUT2D eigenvalue weighted by atomic mass is 32.1. The Morgan fingerprint density at radius 2 is 1.94 bits per heavy atom. The average Bonchev–Trinajstić information content (AvgIpc) is 2.60. The van der Waals surface area contributed by atoms with Crippen LogP contribution in [0.5, 0.6) is 0 Å². The van der Waals surface area contributed by atoms with Crippen LogP contribution in [0, 0.1) is 0 Å². The van der Waals surface area contributed by atoms with Crippen LogP contribution in [0.1, 0.15) is 50.4 Å². The lowest BCUT2D eigenvalue weighted by atomic mass is 9.95. The zero-order valence-corrected chi connectivity index (χ0v) is 12.0. The Morgan fingerprint density at radius 3 is 2.29 bits per heavy atom. The molecule has 1 aromatic heterocycles. The van der Waals surface area contributed by atoms with Crippen LogP contribution in [0.3, 0.4) is 0 Å². The minimum absolute atomic E-state index is 0.114. The van der Waals surface area contributed by atoms with Crippen LogP contribution in [-0.2, 0) is 10.2 Å². The molecule has 96 valence electrons. The Bertz CT molecular complexity index is 390. The summed E-state index contributed by atoms with van der Waals surface area (Å²) < 4.78 is 0. The SMILES string of the molecule is CC(C)NC(C(N)=O)c1ccc(C(C)(C)C)s1. The van der Waals surface area contributed by atoms with E-state index in [-0.39, 0.29) is 23.4 Å². The molecule has 1 atom stereocenters. The third kappa shape index (κ3) is 3.82. The smallest absolute Gasteiger partial charge is 0.240 e. The highest BCUT2D eigenvalue weighted by Gasteiger charge is 2.23. The van der Waals surface area contributed by atoms with Gasteiger partial charge in [0.05, 0.1) is 0 Å². The zero-order valence-electron chi connectivity index (χ0n) is 11.2. The Balaban J connectivity index is 2.96. The minimum Gasteiger partial charge on any atom is -0.368 e. The highest BCUT2D eigenvalue weighted by Crippen LogP contribution is 2.32. The first kappa shape index (κ1) is 14.2. The predicted molar refractivity (Wildman–Crippen MR) is 73.2 cm³/mol. The molecule has 0 aliphatic carbocycles. The van der Waals surface area contributed by atoms with E-state index < -0.39 is 0 Å². The number of amides is 1. The summed E-state index contributed by atoms with van der Waals surface area (Å²) in [7, 11) is 0. The van der Waals surface area contributed by atoms with Gasteiger partial charge in [0.1, 0.15) is 6.04 Å².